The number of aryl methyl sites for hydroxylation is 1. The predicted molar refractivity (Wildman–Crippen MR) is 295 cm³/mol. The van der Waals surface area contributed by atoms with Gasteiger partial charge in [0.05, 0.1) is 18.9 Å². The van der Waals surface area contributed by atoms with Crippen molar-refractivity contribution in [1.29, 1.82) is 0 Å². The second kappa shape index (κ2) is 29.3. The minimum atomic E-state index is -1.49. The molecule has 2 aliphatic heterocycles. The zero-order valence-electron chi connectivity index (χ0n) is 47.3. The van der Waals surface area contributed by atoms with Crippen LogP contribution in [-0.4, -0.2) is 165 Å². The second-order valence-corrected chi connectivity index (χ2v) is 23.1. The van der Waals surface area contributed by atoms with Gasteiger partial charge in [0.25, 0.3) is 0 Å². The van der Waals surface area contributed by atoms with Crippen LogP contribution in [0.4, 0.5) is 0 Å². The van der Waals surface area contributed by atoms with Crippen LogP contribution in [0, 0.1) is 17.8 Å². The normalized spacial score (nSPS) is 27.3. The summed E-state index contributed by atoms with van der Waals surface area (Å²) >= 11 is 0. The summed E-state index contributed by atoms with van der Waals surface area (Å²) in [6.07, 6.45) is 6.30. The average Bonchev–Trinajstić information content (AvgIpc) is 4.42. The Morgan fingerprint density at radius 1 is 0.679 bits per heavy atom. The molecule has 3 heterocycles. The monoisotopic (exact) mass is 1130 g/mol. The Labute approximate surface area is 472 Å². The lowest BCUT2D eigenvalue weighted by atomic mass is 10.0. The highest BCUT2D eigenvalue weighted by Gasteiger charge is 2.44. The first-order chi connectivity index (χ1) is 38.5. The molecular formula is C56H83N13O12. The highest BCUT2D eigenvalue weighted by atomic mass is 16.4. The highest BCUT2D eigenvalue weighted by Crippen LogP contribution is 2.34. The van der Waals surface area contributed by atoms with Gasteiger partial charge in [-0.1, -0.05) is 51.1 Å². The molecule has 10 amide bonds. The van der Waals surface area contributed by atoms with E-state index in [9.17, 15) is 57.8 Å². The molecule has 1 aromatic heterocycles. The van der Waals surface area contributed by atoms with Gasteiger partial charge in [-0.25, -0.2) is 4.98 Å². The highest BCUT2D eigenvalue weighted by molar-refractivity contribution is 5.98. The molecule has 2 saturated carbocycles. The molecule has 25 heteroatoms. The summed E-state index contributed by atoms with van der Waals surface area (Å²) in [5.74, 6) is -9.10. The minimum Gasteiger partial charge on any atom is -0.481 e. The number of aliphatic carboxylic acids is 1. The molecule has 4 fully saturated rings. The van der Waals surface area contributed by atoms with E-state index in [0.717, 1.165) is 5.56 Å². The maximum absolute atomic E-state index is 14.6. The van der Waals surface area contributed by atoms with E-state index >= 15 is 0 Å². The molecule has 25 nitrogen and oxygen atoms in total. The summed E-state index contributed by atoms with van der Waals surface area (Å²) in [6.45, 7) is 10.3. The van der Waals surface area contributed by atoms with Crippen molar-refractivity contribution in [1.82, 2.24) is 68.0 Å². The molecule has 6 rings (SSSR count). The molecule has 2 saturated heterocycles. The van der Waals surface area contributed by atoms with E-state index < -0.39 is 144 Å². The average molecular weight is 1130 g/mol. The number of carbonyl (C=O) groups is 11. The maximum Gasteiger partial charge on any atom is 0.303 e. The fraction of sp³-hybridized carbons (Fsp3) is 0.643. The lowest BCUT2D eigenvalue weighted by Gasteiger charge is -2.33. The minimum absolute atomic E-state index is 0.0233. The van der Waals surface area contributed by atoms with Crippen molar-refractivity contribution >= 4 is 65.0 Å². The number of nitrogens with zero attached hydrogens (tertiary/aromatic N) is 2. The molecular weight excluding hydrogens is 1050 g/mol. The van der Waals surface area contributed by atoms with E-state index in [1.807, 2.05) is 51.1 Å². The molecule has 2 aromatic rings. The quantitative estimate of drug-likeness (QED) is 0.120. The van der Waals surface area contributed by atoms with Gasteiger partial charge in [0.15, 0.2) is 0 Å². The number of H-pyrrole nitrogens is 1. The topological polar surface area (TPSA) is 360 Å². The van der Waals surface area contributed by atoms with Gasteiger partial charge in [0.1, 0.15) is 48.3 Å². The molecule has 9 atom stereocenters. The van der Waals surface area contributed by atoms with Crippen molar-refractivity contribution in [3.05, 3.63) is 54.1 Å². The van der Waals surface area contributed by atoms with Crippen molar-refractivity contribution in [2.75, 3.05) is 19.6 Å². The van der Waals surface area contributed by atoms with E-state index in [0.29, 0.717) is 57.1 Å². The van der Waals surface area contributed by atoms with Crippen molar-refractivity contribution in [3.8, 4) is 0 Å². The second-order valence-electron chi connectivity index (χ2n) is 23.1. The van der Waals surface area contributed by atoms with Crippen LogP contribution in [0.1, 0.15) is 130 Å². The maximum atomic E-state index is 14.6. The summed E-state index contributed by atoms with van der Waals surface area (Å²) in [6, 6.07) is -0.833. The molecule has 0 spiro atoms. The summed E-state index contributed by atoms with van der Waals surface area (Å²) in [4.78, 5) is 161. The molecule has 1 aromatic carbocycles. The number of nitrogens with one attached hydrogen (secondary N) is 11. The first kappa shape index (κ1) is 62.8. The van der Waals surface area contributed by atoms with E-state index in [1.54, 1.807) is 20.8 Å². The van der Waals surface area contributed by atoms with Crippen LogP contribution >= 0.6 is 0 Å². The lowest BCUT2D eigenvalue weighted by molar-refractivity contribution is -0.141. The molecule has 0 radical (unpaired) electrons. The van der Waals surface area contributed by atoms with E-state index in [2.05, 4.69) is 63.1 Å². The standard InChI is InChI=1S/C56H83N13O12/c1-7-36-48(74)66-45(33-18-19-33)53(79)63-37(22-17-32-13-9-8-10-14-32)47(73)58-25-11-15-39(68-56(4,5)6)55(81)69-26-12-16-41(69)51(77)67-46(34-20-21-34)54(80)64-40(27-35-28-57-30-60-35)50(76)65-44(31(2)3)52(78)59-29-42(70)61-38(49(75)62-36)23-24-43(71)72/h8-10,13-14,28,30-31,33-34,36-41,44-46,68H,7,11-12,15-27,29H2,1-6H3,(H,57,60)(H,58,73)(H,59,78)(H,61,70)(H,62,75)(H,63,79)(H,64,80)(H,65,76)(H,66,74)(H,67,77)(H,71,72)/t36-,37-,38-,39-,40-,41+,44-,45-,46-/m0/s1. The number of aromatic amines is 1. The molecule has 0 unspecified atom stereocenters. The molecule has 2 aliphatic carbocycles. The number of carbonyl (C=O) groups excluding carboxylic acids is 10. The number of amides is 10. The smallest absolute Gasteiger partial charge is 0.303 e. The fourth-order valence-corrected chi connectivity index (χ4v) is 10.1. The zero-order chi connectivity index (χ0) is 59.0. The molecule has 81 heavy (non-hydrogen) atoms. The van der Waals surface area contributed by atoms with Crippen LogP contribution in [0.5, 0.6) is 0 Å². The van der Waals surface area contributed by atoms with Crippen molar-refractivity contribution in [2.45, 2.75) is 191 Å². The molecule has 4 aliphatic rings. The number of aromatic nitrogens is 2. The van der Waals surface area contributed by atoms with Gasteiger partial charge in [-0.15, -0.1) is 0 Å². The Bertz CT molecular complexity index is 2550. The predicted octanol–water partition coefficient (Wildman–Crippen LogP) is -0.497. The number of imidazole rings is 1. The number of rotatable bonds is 13. The fourth-order valence-electron chi connectivity index (χ4n) is 10.1. The van der Waals surface area contributed by atoms with Gasteiger partial charge in [-0.2, -0.15) is 0 Å². The Balaban J connectivity index is 1.28. The van der Waals surface area contributed by atoms with Gasteiger partial charge < -0.3 is 68.2 Å². The summed E-state index contributed by atoms with van der Waals surface area (Å²) in [5.41, 5.74) is 0.838. The van der Waals surface area contributed by atoms with Gasteiger partial charge in [0.2, 0.25) is 59.1 Å². The lowest BCUT2D eigenvalue weighted by Crippen LogP contribution is -2.60. The van der Waals surface area contributed by atoms with Crippen LogP contribution in [0.25, 0.3) is 0 Å². The van der Waals surface area contributed by atoms with Crippen LogP contribution in [0.3, 0.4) is 0 Å². The largest absolute Gasteiger partial charge is 0.481 e. The number of hydrogen-bond acceptors (Lipinski definition) is 13. The van der Waals surface area contributed by atoms with Crippen LogP contribution in [-0.2, 0) is 65.6 Å². The van der Waals surface area contributed by atoms with Crippen molar-refractivity contribution in [3.63, 3.8) is 0 Å². The zero-order valence-corrected chi connectivity index (χ0v) is 47.3. The number of carboxylic acids is 1. The van der Waals surface area contributed by atoms with Crippen LogP contribution in [0.15, 0.2) is 42.9 Å². The van der Waals surface area contributed by atoms with Crippen molar-refractivity contribution in [2.24, 2.45) is 17.8 Å². The third-order valence-electron chi connectivity index (χ3n) is 14.9. The Morgan fingerprint density at radius 2 is 1.28 bits per heavy atom. The third-order valence-corrected chi connectivity index (χ3v) is 14.9. The van der Waals surface area contributed by atoms with Crippen LogP contribution < -0.4 is 53.2 Å². The first-order valence-electron chi connectivity index (χ1n) is 28.5. The van der Waals surface area contributed by atoms with Gasteiger partial charge in [0, 0.05) is 43.4 Å². The molecule has 12 N–H and O–H groups in total. The third kappa shape index (κ3) is 19.4. The van der Waals surface area contributed by atoms with E-state index in [1.165, 1.54) is 17.4 Å². The van der Waals surface area contributed by atoms with E-state index in [4.69, 9.17) is 0 Å². The number of carboxylic acid groups (broad SMARTS) is 1. The SMILES string of the molecule is CC[C@@H]1NC(=O)[C@H](CCC(=O)O)NC(=O)CNC(=O)[C@H](C(C)C)NC(=O)[C@H](Cc2cnc[nH]2)NC(=O)[C@H](C2CC2)NC(=O)[C@H]2CCCN2C(=O)[C@@H](NC(C)(C)C)CCCNC(=O)[C@H](CCc2ccccc2)NC(=O)[C@H](C2CC2)NC1=O. The van der Waals surface area contributed by atoms with Crippen LogP contribution in [0.2, 0.25) is 0 Å². The summed E-state index contributed by atoms with van der Waals surface area (Å²) in [7, 11) is 0. The molecule has 444 valence electrons. The number of benzene rings is 1. The summed E-state index contributed by atoms with van der Waals surface area (Å²) < 4.78 is 0. The van der Waals surface area contributed by atoms with Gasteiger partial charge >= 0.3 is 5.97 Å². The van der Waals surface area contributed by atoms with E-state index in [-0.39, 0.29) is 56.5 Å². The number of fused-ring (bicyclic) bond motifs is 1. The van der Waals surface area contributed by atoms with Gasteiger partial charge in [-0.3, -0.25) is 52.7 Å². The van der Waals surface area contributed by atoms with Gasteiger partial charge in [-0.05, 0) is 121 Å². The summed E-state index contributed by atoms with van der Waals surface area (Å²) in [5, 5.41) is 37.4. The number of hydrogen-bond donors (Lipinski definition) is 12. The molecule has 0 bridgehead atoms. The van der Waals surface area contributed by atoms with Crippen molar-refractivity contribution < 1.29 is 57.8 Å². The first-order valence-corrected chi connectivity index (χ1v) is 28.5. The Kier molecular flexibility index (Phi) is 22.7. The Hall–Kier alpha value is -7.44. The Morgan fingerprint density at radius 3 is 1.88 bits per heavy atom.